The van der Waals surface area contributed by atoms with Crippen molar-refractivity contribution >= 4 is 17.2 Å². The molecule has 0 bridgehead atoms. The average Bonchev–Trinajstić information content (AvgIpc) is 3.12. The van der Waals surface area contributed by atoms with Gasteiger partial charge in [0, 0.05) is 20.4 Å². The summed E-state index contributed by atoms with van der Waals surface area (Å²) in [6.07, 6.45) is 6.25. The third-order valence-electron chi connectivity index (χ3n) is 4.16. The molecule has 22 heavy (non-hydrogen) atoms. The second-order valence-electron chi connectivity index (χ2n) is 5.64. The lowest BCUT2D eigenvalue weighted by molar-refractivity contribution is 0.0895. The van der Waals surface area contributed by atoms with E-state index in [1.165, 1.54) is 24.0 Å². The topological polar surface area (TPSA) is 56.1 Å². The third-order valence-corrected chi connectivity index (χ3v) is 5.23. The average molecular weight is 319 g/mol. The number of methoxy groups -OCH3 is 1. The third kappa shape index (κ3) is 2.94. The van der Waals surface area contributed by atoms with Crippen LogP contribution in [0.5, 0.6) is 0 Å². The number of hydrogen-bond donors (Lipinski definition) is 1. The first kappa shape index (κ1) is 15.2. The highest BCUT2D eigenvalue weighted by molar-refractivity contribution is 7.12. The van der Waals surface area contributed by atoms with Crippen LogP contribution in [0.15, 0.2) is 17.6 Å². The van der Waals surface area contributed by atoms with Gasteiger partial charge in [-0.3, -0.25) is 9.48 Å². The molecule has 1 N–H and O–H groups in total. The zero-order valence-electron chi connectivity index (χ0n) is 13.0. The van der Waals surface area contributed by atoms with E-state index < -0.39 is 0 Å². The number of aryl methyl sites for hydroxylation is 2. The molecule has 2 aromatic rings. The van der Waals surface area contributed by atoms with E-state index in [2.05, 4.69) is 15.8 Å². The monoisotopic (exact) mass is 319 g/mol. The molecule has 0 aromatic carbocycles. The van der Waals surface area contributed by atoms with Crippen LogP contribution in [-0.4, -0.2) is 29.4 Å². The molecular formula is C16H21N3O2S. The number of ether oxygens (including phenoxy) is 1. The summed E-state index contributed by atoms with van der Waals surface area (Å²) in [6.45, 7) is 0.429. The zero-order chi connectivity index (χ0) is 15.5. The number of carbonyl (C=O) groups is 1. The number of carbonyl (C=O) groups excluding carboxylic acids is 1. The minimum atomic E-state index is -0.189. The van der Waals surface area contributed by atoms with E-state index in [4.69, 9.17) is 4.74 Å². The Labute approximate surface area is 134 Å². The molecule has 6 heteroatoms. The largest absolute Gasteiger partial charge is 0.382 e. The first-order valence-corrected chi connectivity index (χ1v) is 8.45. The van der Waals surface area contributed by atoms with Crippen LogP contribution in [0.1, 0.15) is 45.4 Å². The number of nitrogens with one attached hydrogen (secondary N) is 1. The van der Waals surface area contributed by atoms with Crippen LogP contribution in [0.4, 0.5) is 0 Å². The molecule has 0 saturated carbocycles. The van der Waals surface area contributed by atoms with Crippen molar-refractivity contribution < 1.29 is 9.53 Å². The lowest BCUT2D eigenvalue weighted by Gasteiger charge is -2.19. The Morgan fingerprint density at radius 2 is 2.32 bits per heavy atom. The van der Waals surface area contributed by atoms with Crippen LogP contribution in [0.3, 0.4) is 0 Å². The fourth-order valence-electron chi connectivity index (χ4n) is 3.03. The smallest absolute Gasteiger partial charge is 0.262 e. The molecule has 1 amide bonds. The summed E-state index contributed by atoms with van der Waals surface area (Å²) in [5, 5.41) is 9.41. The van der Waals surface area contributed by atoms with E-state index >= 15 is 0 Å². The van der Waals surface area contributed by atoms with Crippen LogP contribution in [-0.2, 0) is 24.6 Å². The molecule has 1 atom stereocenters. The minimum Gasteiger partial charge on any atom is -0.382 e. The van der Waals surface area contributed by atoms with Crippen molar-refractivity contribution in [1.82, 2.24) is 15.1 Å². The molecule has 0 fully saturated rings. The van der Waals surface area contributed by atoms with Gasteiger partial charge >= 0.3 is 0 Å². The van der Waals surface area contributed by atoms with Gasteiger partial charge in [0.2, 0.25) is 0 Å². The second kappa shape index (κ2) is 6.62. The second-order valence-corrected chi connectivity index (χ2v) is 6.52. The van der Waals surface area contributed by atoms with Crippen molar-refractivity contribution in [2.75, 3.05) is 13.7 Å². The number of nitrogens with zero attached hydrogens (tertiary/aromatic N) is 2. The minimum absolute atomic E-state index is 0.00333. The first-order chi connectivity index (χ1) is 10.7. The summed E-state index contributed by atoms with van der Waals surface area (Å²) >= 11 is 1.56. The van der Waals surface area contributed by atoms with Crippen LogP contribution in [0.2, 0.25) is 0 Å². The summed E-state index contributed by atoms with van der Waals surface area (Å²) in [4.78, 5) is 13.5. The maximum Gasteiger partial charge on any atom is 0.262 e. The maximum absolute atomic E-state index is 12.7. The van der Waals surface area contributed by atoms with Crippen molar-refractivity contribution in [3.63, 3.8) is 0 Å². The molecule has 0 radical (unpaired) electrons. The molecule has 3 rings (SSSR count). The Hall–Kier alpha value is -1.66. The number of fused-ring (bicyclic) bond motifs is 1. The van der Waals surface area contributed by atoms with Gasteiger partial charge < -0.3 is 10.1 Å². The molecule has 118 valence electrons. The molecule has 1 aliphatic carbocycles. The Balaban J connectivity index is 1.80. The molecule has 0 spiro atoms. The van der Waals surface area contributed by atoms with Gasteiger partial charge in [0.1, 0.15) is 0 Å². The van der Waals surface area contributed by atoms with Gasteiger partial charge in [-0.2, -0.15) is 5.10 Å². The number of amides is 1. The summed E-state index contributed by atoms with van der Waals surface area (Å²) < 4.78 is 7.03. The maximum atomic E-state index is 12.7. The van der Waals surface area contributed by atoms with Crippen LogP contribution in [0, 0.1) is 0 Å². The predicted octanol–water partition coefficient (Wildman–Crippen LogP) is 2.48. The van der Waals surface area contributed by atoms with Crippen LogP contribution in [0.25, 0.3) is 0 Å². The van der Waals surface area contributed by atoms with E-state index in [1.807, 2.05) is 13.1 Å². The van der Waals surface area contributed by atoms with Crippen molar-refractivity contribution in [2.45, 2.75) is 31.7 Å². The van der Waals surface area contributed by atoms with E-state index in [1.54, 1.807) is 29.3 Å². The summed E-state index contributed by atoms with van der Waals surface area (Å²) in [5.41, 5.74) is 3.54. The first-order valence-electron chi connectivity index (χ1n) is 7.57. The van der Waals surface area contributed by atoms with Gasteiger partial charge in [-0.1, -0.05) is 0 Å². The molecular weight excluding hydrogens is 298 g/mol. The fraction of sp³-hybridized carbons (Fsp3) is 0.500. The van der Waals surface area contributed by atoms with E-state index in [0.717, 1.165) is 23.4 Å². The molecule has 0 saturated heterocycles. The highest BCUT2D eigenvalue weighted by Crippen LogP contribution is 2.30. The van der Waals surface area contributed by atoms with Gasteiger partial charge in [0.15, 0.2) is 0 Å². The van der Waals surface area contributed by atoms with Gasteiger partial charge in [-0.15, -0.1) is 11.3 Å². The zero-order valence-corrected chi connectivity index (χ0v) is 13.8. The highest BCUT2D eigenvalue weighted by Gasteiger charge is 2.24. The van der Waals surface area contributed by atoms with Crippen LogP contribution >= 0.6 is 11.3 Å². The number of hydrogen-bond acceptors (Lipinski definition) is 4. The standard InChI is InChI=1S/C16H21N3O2S/c1-19-14(7-8-17-19)13(9-21-2)18-16(20)15-12-6-4-3-5-11(12)10-22-15/h7-8,10,13H,3-6,9H2,1-2H3,(H,18,20). The van der Waals surface area contributed by atoms with Crippen LogP contribution < -0.4 is 5.32 Å². The molecule has 0 aliphatic heterocycles. The van der Waals surface area contributed by atoms with Crippen molar-refractivity contribution in [3.8, 4) is 0 Å². The van der Waals surface area contributed by atoms with Crippen molar-refractivity contribution in [2.24, 2.45) is 7.05 Å². The number of thiophene rings is 1. The SMILES string of the molecule is COCC(NC(=O)c1scc2c1CCCC2)c1ccnn1C. The summed E-state index contributed by atoms with van der Waals surface area (Å²) in [7, 11) is 3.51. The van der Waals surface area contributed by atoms with Crippen molar-refractivity contribution in [3.05, 3.63) is 39.3 Å². The molecule has 2 heterocycles. The van der Waals surface area contributed by atoms with Crippen molar-refractivity contribution in [1.29, 1.82) is 0 Å². The Morgan fingerprint density at radius 3 is 3.05 bits per heavy atom. The van der Waals surface area contributed by atoms with E-state index in [9.17, 15) is 4.79 Å². The van der Waals surface area contributed by atoms with Gasteiger partial charge in [-0.05, 0) is 48.3 Å². The van der Waals surface area contributed by atoms with E-state index in [-0.39, 0.29) is 11.9 Å². The Morgan fingerprint density at radius 1 is 1.50 bits per heavy atom. The Kier molecular flexibility index (Phi) is 4.59. The Bertz CT molecular complexity index is 662. The fourth-order valence-corrected chi connectivity index (χ4v) is 4.09. The normalized spacial score (nSPS) is 15.4. The summed E-state index contributed by atoms with van der Waals surface area (Å²) in [5.74, 6) is -0.00333. The quantitative estimate of drug-likeness (QED) is 0.921. The number of rotatable bonds is 5. The molecule has 1 unspecified atom stereocenters. The lowest BCUT2D eigenvalue weighted by Crippen LogP contribution is -2.32. The molecule has 2 aromatic heterocycles. The van der Waals surface area contributed by atoms with Gasteiger partial charge in [0.25, 0.3) is 5.91 Å². The van der Waals surface area contributed by atoms with E-state index in [0.29, 0.717) is 6.61 Å². The molecule has 5 nitrogen and oxygen atoms in total. The highest BCUT2D eigenvalue weighted by atomic mass is 32.1. The van der Waals surface area contributed by atoms with Gasteiger partial charge in [-0.25, -0.2) is 0 Å². The predicted molar refractivity (Wildman–Crippen MR) is 86.3 cm³/mol. The number of aromatic nitrogens is 2. The lowest BCUT2D eigenvalue weighted by atomic mass is 9.94. The molecule has 1 aliphatic rings. The van der Waals surface area contributed by atoms with Gasteiger partial charge in [0.05, 0.1) is 23.2 Å². The summed E-state index contributed by atoms with van der Waals surface area (Å²) in [6, 6.07) is 1.72.